The maximum atomic E-state index is 12.5. The van der Waals surface area contributed by atoms with Gasteiger partial charge in [0, 0.05) is 17.8 Å². The lowest BCUT2D eigenvalue weighted by Gasteiger charge is -2.12. The van der Waals surface area contributed by atoms with E-state index >= 15 is 0 Å². The summed E-state index contributed by atoms with van der Waals surface area (Å²) >= 11 is 6.14. The monoisotopic (exact) mass is 332 g/mol. The Balaban J connectivity index is 1.84. The average Bonchev–Trinajstić information content (AvgIpc) is 2.87. The highest BCUT2D eigenvalue weighted by molar-refractivity contribution is 6.35. The number of hydrogen-bond donors (Lipinski definition) is 2. The van der Waals surface area contributed by atoms with Gasteiger partial charge in [-0.1, -0.05) is 11.6 Å². The number of nitrogens with one attached hydrogen (secondary N) is 2. The fourth-order valence-corrected chi connectivity index (χ4v) is 3.07. The van der Waals surface area contributed by atoms with Crippen LogP contribution in [0.15, 0.2) is 24.3 Å². The summed E-state index contributed by atoms with van der Waals surface area (Å²) in [5.41, 5.74) is 2.04. The molecule has 6 heteroatoms. The van der Waals surface area contributed by atoms with Gasteiger partial charge in [0.05, 0.1) is 17.7 Å². The maximum Gasteiger partial charge on any atom is 0.259 e. The molecule has 1 aliphatic rings. The van der Waals surface area contributed by atoms with Gasteiger partial charge in [0.25, 0.3) is 5.91 Å². The molecular weight excluding hydrogens is 316 g/mol. The van der Waals surface area contributed by atoms with Crippen LogP contribution in [0, 0.1) is 0 Å². The van der Waals surface area contributed by atoms with Gasteiger partial charge in [-0.25, -0.2) is 0 Å². The smallest absolute Gasteiger partial charge is 0.259 e. The summed E-state index contributed by atoms with van der Waals surface area (Å²) in [6.07, 6.45) is 1.96. The number of benzene rings is 1. The van der Waals surface area contributed by atoms with E-state index < -0.39 is 0 Å². The van der Waals surface area contributed by atoms with Gasteiger partial charge in [-0.15, -0.1) is 0 Å². The molecular formula is C17H17ClN2O3. The Morgan fingerprint density at radius 1 is 1.30 bits per heavy atom. The number of fused-ring (bicyclic) bond motifs is 1. The minimum atomic E-state index is -0.382. The zero-order chi connectivity index (χ0) is 16.4. The third kappa shape index (κ3) is 3.10. The lowest BCUT2D eigenvalue weighted by Crippen LogP contribution is -2.18. The number of aromatic nitrogens is 1. The molecule has 0 radical (unpaired) electrons. The number of Topliss-reactive ketones (excluding diaryl/α,β-unsaturated/α-hetero) is 1. The van der Waals surface area contributed by atoms with E-state index in [1.165, 1.54) is 0 Å². The molecule has 0 bridgehead atoms. The lowest BCUT2D eigenvalue weighted by atomic mass is 9.93. The number of carbonyl (C=O) groups excluding carboxylic acids is 2. The van der Waals surface area contributed by atoms with Crippen LogP contribution in [0.4, 0.5) is 5.69 Å². The van der Waals surface area contributed by atoms with Crippen molar-refractivity contribution in [2.45, 2.75) is 26.2 Å². The van der Waals surface area contributed by atoms with Crippen LogP contribution in [0.2, 0.25) is 5.15 Å². The zero-order valence-electron chi connectivity index (χ0n) is 12.7. The fourth-order valence-electron chi connectivity index (χ4n) is 2.77. The Labute approximate surface area is 139 Å². The highest BCUT2D eigenvalue weighted by Gasteiger charge is 2.29. The Bertz CT molecular complexity index is 750. The molecule has 0 saturated carbocycles. The van der Waals surface area contributed by atoms with Crippen molar-refractivity contribution in [3.63, 3.8) is 0 Å². The van der Waals surface area contributed by atoms with Crippen molar-refractivity contribution in [1.82, 2.24) is 4.98 Å². The second kappa shape index (κ2) is 6.46. The zero-order valence-corrected chi connectivity index (χ0v) is 13.5. The fraction of sp³-hybridized carbons (Fsp3) is 0.294. The van der Waals surface area contributed by atoms with Crippen LogP contribution in [0.1, 0.15) is 46.2 Å². The highest BCUT2D eigenvalue weighted by atomic mass is 35.5. The first-order valence-electron chi connectivity index (χ1n) is 7.58. The third-order valence-corrected chi connectivity index (χ3v) is 4.08. The topological polar surface area (TPSA) is 71.2 Å². The van der Waals surface area contributed by atoms with Gasteiger partial charge in [-0.2, -0.15) is 0 Å². The summed E-state index contributed by atoms with van der Waals surface area (Å²) in [7, 11) is 0. The summed E-state index contributed by atoms with van der Waals surface area (Å²) in [4.78, 5) is 27.6. The molecule has 23 heavy (non-hydrogen) atoms. The van der Waals surface area contributed by atoms with Crippen molar-refractivity contribution in [3.8, 4) is 5.75 Å². The van der Waals surface area contributed by atoms with Crippen LogP contribution in [0.5, 0.6) is 5.75 Å². The number of halogens is 1. The molecule has 0 spiro atoms. The van der Waals surface area contributed by atoms with Gasteiger partial charge in [-0.05, 0) is 44.0 Å². The molecule has 0 saturated heterocycles. The molecule has 1 heterocycles. The molecule has 0 fully saturated rings. The quantitative estimate of drug-likeness (QED) is 0.893. The first kappa shape index (κ1) is 15.6. The molecule has 1 aromatic heterocycles. The van der Waals surface area contributed by atoms with Gasteiger partial charge in [0.15, 0.2) is 5.78 Å². The largest absolute Gasteiger partial charge is 0.494 e. The minimum absolute atomic E-state index is 0.0359. The summed E-state index contributed by atoms with van der Waals surface area (Å²) in [5, 5.41) is 2.99. The number of carbonyl (C=O) groups is 2. The van der Waals surface area contributed by atoms with Crippen molar-refractivity contribution in [1.29, 1.82) is 0 Å². The normalized spacial score (nSPS) is 13.6. The maximum absolute atomic E-state index is 12.5. The van der Waals surface area contributed by atoms with Crippen molar-refractivity contribution >= 4 is 29.0 Å². The van der Waals surface area contributed by atoms with Crippen LogP contribution in [0.25, 0.3) is 0 Å². The molecule has 1 aliphatic carbocycles. The number of amides is 1. The second-order valence-electron chi connectivity index (χ2n) is 5.36. The van der Waals surface area contributed by atoms with E-state index in [4.69, 9.17) is 16.3 Å². The van der Waals surface area contributed by atoms with Gasteiger partial charge < -0.3 is 15.0 Å². The van der Waals surface area contributed by atoms with Crippen LogP contribution >= 0.6 is 11.6 Å². The molecule has 0 unspecified atom stereocenters. The Morgan fingerprint density at radius 3 is 2.74 bits per heavy atom. The number of rotatable bonds is 4. The molecule has 5 nitrogen and oxygen atoms in total. The molecule has 1 aromatic carbocycles. The number of ketones is 1. The van der Waals surface area contributed by atoms with E-state index in [0.717, 1.165) is 24.3 Å². The molecule has 3 rings (SSSR count). The van der Waals surface area contributed by atoms with Gasteiger partial charge in [0.2, 0.25) is 0 Å². The second-order valence-corrected chi connectivity index (χ2v) is 5.73. The number of hydrogen-bond acceptors (Lipinski definition) is 3. The Kier molecular flexibility index (Phi) is 4.39. The number of aromatic amines is 1. The third-order valence-electron chi connectivity index (χ3n) is 3.79. The van der Waals surface area contributed by atoms with Crippen LogP contribution in [0.3, 0.4) is 0 Å². The van der Waals surface area contributed by atoms with E-state index in [1.807, 2.05) is 6.92 Å². The van der Waals surface area contributed by atoms with Crippen LogP contribution < -0.4 is 10.1 Å². The van der Waals surface area contributed by atoms with Crippen molar-refractivity contribution < 1.29 is 14.3 Å². The van der Waals surface area contributed by atoms with Crippen molar-refractivity contribution in [2.75, 3.05) is 11.9 Å². The number of ether oxygens (including phenoxy) is 1. The average molecular weight is 333 g/mol. The first-order chi connectivity index (χ1) is 11.1. The molecule has 120 valence electrons. The van der Waals surface area contributed by atoms with Gasteiger partial charge >= 0.3 is 0 Å². The highest BCUT2D eigenvalue weighted by Crippen LogP contribution is 2.30. The van der Waals surface area contributed by atoms with E-state index in [1.54, 1.807) is 24.3 Å². The minimum Gasteiger partial charge on any atom is -0.494 e. The first-order valence-corrected chi connectivity index (χ1v) is 7.95. The number of aryl methyl sites for hydroxylation is 1. The van der Waals surface area contributed by atoms with E-state index in [9.17, 15) is 9.59 Å². The summed E-state index contributed by atoms with van der Waals surface area (Å²) in [6, 6.07) is 7.05. The molecule has 0 aliphatic heterocycles. The predicted molar refractivity (Wildman–Crippen MR) is 88.6 cm³/mol. The van der Waals surface area contributed by atoms with Crippen LogP contribution in [-0.4, -0.2) is 23.3 Å². The van der Waals surface area contributed by atoms with Gasteiger partial charge in [0.1, 0.15) is 10.9 Å². The van der Waals surface area contributed by atoms with Crippen molar-refractivity contribution in [3.05, 3.63) is 46.2 Å². The van der Waals surface area contributed by atoms with Crippen LogP contribution in [-0.2, 0) is 6.42 Å². The predicted octanol–water partition coefficient (Wildman–Crippen LogP) is 3.84. The van der Waals surface area contributed by atoms with E-state index in [0.29, 0.717) is 24.3 Å². The molecule has 2 aromatic rings. The van der Waals surface area contributed by atoms with E-state index in [2.05, 4.69) is 10.3 Å². The lowest BCUT2D eigenvalue weighted by molar-refractivity contribution is 0.0956. The van der Waals surface area contributed by atoms with Gasteiger partial charge in [-0.3, -0.25) is 9.59 Å². The molecule has 1 amide bonds. The van der Waals surface area contributed by atoms with Crippen molar-refractivity contribution in [2.24, 2.45) is 0 Å². The summed E-state index contributed by atoms with van der Waals surface area (Å²) in [5.74, 6) is 0.316. The standard InChI is InChI=1S/C17H17ClN2O3/c1-2-23-11-8-6-10(7-9-11)19-17(22)15-14-12(20-16(15)18)4-3-5-13(14)21/h6-9,20H,2-5H2,1H3,(H,19,22). The summed E-state index contributed by atoms with van der Waals surface area (Å²) in [6.45, 7) is 2.49. The Hall–Kier alpha value is -2.27. The molecule has 0 atom stereocenters. The SMILES string of the molecule is CCOc1ccc(NC(=O)c2c(Cl)[nH]c3c2C(=O)CCC3)cc1. The summed E-state index contributed by atoms with van der Waals surface area (Å²) < 4.78 is 5.36. The number of anilines is 1. The Morgan fingerprint density at radius 2 is 2.04 bits per heavy atom. The van der Waals surface area contributed by atoms with E-state index in [-0.39, 0.29) is 22.4 Å². The number of H-pyrrole nitrogens is 1. The molecule has 2 N–H and O–H groups in total.